The number of benzene rings is 1. The molecule has 0 N–H and O–H groups in total. The van der Waals surface area contributed by atoms with Gasteiger partial charge < -0.3 is 9.64 Å². The van der Waals surface area contributed by atoms with Gasteiger partial charge in [-0.1, -0.05) is 29.5 Å². The largest absolute Gasteiger partial charge is 0.448 e. The van der Waals surface area contributed by atoms with E-state index in [2.05, 4.69) is 0 Å². The van der Waals surface area contributed by atoms with Gasteiger partial charge in [0.1, 0.15) is 4.88 Å². The molecule has 130 valence electrons. The SMILES string of the molecule is C[C@@H]1Cc2ccccc2N1C(=O)[C@@H](C)OC(=O)c1ccc([N+](=O)[O-])s1. The van der Waals surface area contributed by atoms with E-state index in [0.29, 0.717) is 0 Å². The molecule has 3 rings (SSSR count). The van der Waals surface area contributed by atoms with Crippen molar-refractivity contribution >= 4 is 33.9 Å². The highest BCUT2D eigenvalue weighted by Crippen LogP contribution is 2.32. The number of hydrogen-bond acceptors (Lipinski definition) is 6. The van der Waals surface area contributed by atoms with E-state index in [4.69, 9.17) is 4.74 Å². The summed E-state index contributed by atoms with van der Waals surface area (Å²) in [6, 6.07) is 10.2. The van der Waals surface area contributed by atoms with Gasteiger partial charge >= 0.3 is 11.0 Å². The first-order chi connectivity index (χ1) is 11.9. The Hall–Kier alpha value is -2.74. The highest BCUT2D eigenvalue weighted by Gasteiger charge is 2.34. The summed E-state index contributed by atoms with van der Waals surface area (Å²) in [6.07, 6.45) is -0.234. The molecule has 2 heterocycles. The van der Waals surface area contributed by atoms with Crippen molar-refractivity contribution in [2.45, 2.75) is 32.4 Å². The van der Waals surface area contributed by atoms with Gasteiger partial charge in [0, 0.05) is 17.8 Å². The second-order valence-electron chi connectivity index (χ2n) is 5.83. The molecular formula is C17H16N2O5S. The van der Waals surface area contributed by atoms with Crippen molar-refractivity contribution in [2.75, 3.05) is 4.90 Å². The number of amides is 1. The number of rotatable bonds is 4. The summed E-state index contributed by atoms with van der Waals surface area (Å²) in [5, 5.41) is 10.6. The van der Waals surface area contributed by atoms with Gasteiger partial charge in [-0.2, -0.15) is 0 Å². The maximum Gasteiger partial charge on any atom is 0.349 e. The van der Waals surface area contributed by atoms with Gasteiger partial charge in [0.2, 0.25) is 0 Å². The number of para-hydroxylation sites is 1. The average molecular weight is 360 g/mol. The predicted molar refractivity (Wildman–Crippen MR) is 92.9 cm³/mol. The summed E-state index contributed by atoms with van der Waals surface area (Å²) in [5.41, 5.74) is 1.91. The van der Waals surface area contributed by atoms with E-state index in [0.717, 1.165) is 29.0 Å². The van der Waals surface area contributed by atoms with Crippen LogP contribution in [0.25, 0.3) is 0 Å². The standard InChI is InChI=1S/C17H16N2O5S/c1-10-9-12-5-3-4-6-13(12)18(10)16(20)11(2)24-17(21)14-7-8-15(25-14)19(22)23/h3-8,10-11H,9H2,1-2H3/t10-,11-/m1/s1. The van der Waals surface area contributed by atoms with Crippen LogP contribution in [-0.2, 0) is 16.0 Å². The Balaban J connectivity index is 1.72. The van der Waals surface area contributed by atoms with E-state index in [1.165, 1.54) is 19.1 Å². The van der Waals surface area contributed by atoms with Gasteiger partial charge in [-0.3, -0.25) is 14.9 Å². The number of nitro groups is 1. The molecule has 0 radical (unpaired) electrons. The van der Waals surface area contributed by atoms with Crippen molar-refractivity contribution in [3.63, 3.8) is 0 Å². The molecule has 0 unspecified atom stereocenters. The molecular weight excluding hydrogens is 344 g/mol. The highest BCUT2D eigenvalue weighted by molar-refractivity contribution is 7.17. The maximum atomic E-state index is 12.7. The van der Waals surface area contributed by atoms with Crippen molar-refractivity contribution in [3.8, 4) is 0 Å². The van der Waals surface area contributed by atoms with E-state index < -0.39 is 17.0 Å². The number of hydrogen-bond donors (Lipinski definition) is 0. The van der Waals surface area contributed by atoms with Crippen molar-refractivity contribution < 1.29 is 19.2 Å². The minimum absolute atomic E-state index is 0.0196. The van der Waals surface area contributed by atoms with Crippen molar-refractivity contribution in [2.24, 2.45) is 0 Å². The molecule has 1 aliphatic heterocycles. The van der Waals surface area contributed by atoms with Crippen LogP contribution in [0.5, 0.6) is 0 Å². The Kier molecular flexibility index (Phi) is 4.54. The number of fused-ring (bicyclic) bond motifs is 1. The molecule has 0 saturated heterocycles. The topological polar surface area (TPSA) is 89.8 Å². The molecule has 0 bridgehead atoms. The third-order valence-corrected chi connectivity index (χ3v) is 5.07. The molecule has 1 aromatic heterocycles. The molecule has 0 saturated carbocycles. The van der Waals surface area contributed by atoms with Crippen LogP contribution in [0.15, 0.2) is 36.4 Å². The van der Waals surface area contributed by atoms with E-state index in [1.807, 2.05) is 31.2 Å². The van der Waals surface area contributed by atoms with E-state index in [9.17, 15) is 19.7 Å². The number of thiophene rings is 1. The van der Waals surface area contributed by atoms with Crippen LogP contribution in [0.1, 0.15) is 29.1 Å². The second-order valence-corrected chi connectivity index (χ2v) is 6.89. The number of anilines is 1. The van der Waals surface area contributed by atoms with E-state index in [-0.39, 0.29) is 21.8 Å². The number of carbonyl (C=O) groups is 2. The molecule has 0 spiro atoms. The monoisotopic (exact) mass is 360 g/mol. The zero-order valence-electron chi connectivity index (χ0n) is 13.7. The lowest BCUT2D eigenvalue weighted by atomic mass is 10.1. The molecule has 0 aliphatic carbocycles. The molecule has 1 aliphatic rings. The van der Waals surface area contributed by atoms with E-state index in [1.54, 1.807) is 4.90 Å². The van der Waals surface area contributed by atoms with Crippen LogP contribution in [0.4, 0.5) is 10.7 Å². The number of ether oxygens (including phenoxy) is 1. The Morgan fingerprint density at radius 3 is 2.72 bits per heavy atom. The molecule has 25 heavy (non-hydrogen) atoms. The fourth-order valence-corrected chi connectivity index (χ4v) is 3.61. The number of nitrogens with zero attached hydrogens (tertiary/aromatic N) is 2. The average Bonchev–Trinajstić information content (AvgIpc) is 3.18. The third kappa shape index (κ3) is 3.25. The first-order valence-electron chi connectivity index (χ1n) is 7.74. The number of carbonyl (C=O) groups excluding carboxylic acids is 2. The first-order valence-corrected chi connectivity index (χ1v) is 8.56. The zero-order chi connectivity index (χ0) is 18.1. The zero-order valence-corrected chi connectivity index (χ0v) is 14.5. The van der Waals surface area contributed by atoms with Gasteiger partial charge in [0.25, 0.3) is 5.91 Å². The van der Waals surface area contributed by atoms with Crippen LogP contribution in [0.2, 0.25) is 0 Å². The summed E-state index contributed by atoms with van der Waals surface area (Å²) >= 11 is 0.726. The third-order valence-electron chi connectivity index (χ3n) is 4.05. The Morgan fingerprint density at radius 2 is 2.04 bits per heavy atom. The molecule has 1 aromatic carbocycles. The van der Waals surface area contributed by atoms with Crippen LogP contribution < -0.4 is 4.90 Å². The summed E-state index contributed by atoms with van der Waals surface area (Å²) in [4.78, 5) is 36.7. The Labute approximate surface area is 148 Å². The Morgan fingerprint density at radius 1 is 1.32 bits per heavy atom. The maximum absolute atomic E-state index is 12.7. The fraction of sp³-hybridized carbons (Fsp3) is 0.294. The van der Waals surface area contributed by atoms with E-state index >= 15 is 0 Å². The summed E-state index contributed by atoms with van der Waals surface area (Å²) in [5.74, 6) is -1.05. The number of esters is 1. The normalized spacial score (nSPS) is 17.0. The Bertz CT molecular complexity index is 847. The molecule has 0 fully saturated rings. The lowest BCUT2D eigenvalue weighted by Crippen LogP contribution is -2.43. The lowest BCUT2D eigenvalue weighted by Gasteiger charge is -2.25. The summed E-state index contributed by atoms with van der Waals surface area (Å²) in [7, 11) is 0. The smallest absolute Gasteiger partial charge is 0.349 e. The van der Waals surface area contributed by atoms with Crippen LogP contribution in [-0.4, -0.2) is 28.9 Å². The van der Waals surface area contributed by atoms with Gasteiger partial charge in [-0.25, -0.2) is 4.79 Å². The van der Waals surface area contributed by atoms with Crippen LogP contribution >= 0.6 is 11.3 Å². The second kappa shape index (κ2) is 6.64. The first kappa shape index (κ1) is 17.1. The summed E-state index contributed by atoms with van der Waals surface area (Å²) in [6.45, 7) is 3.45. The van der Waals surface area contributed by atoms with Crippen molar-refractivity contribution in [1.29, 1.82) is 0 Å². The quantitative estimate of drug-likeness (QED) is 0.474. The van der Waals surface area contributed by atoms with Crippen LogP contribution in [0, 0.1) is 10.1 Å². The van der Waals surface area contributed by atoms with Crippen molar-refractivity contribution in [3.05, 3.63) is 57.0 Å². The van der Waals surface area contributed by atoms with Gasteiger partial charge in [0.05, 0.1) is 4.92 Å². The molecule has 7 nitrogen and oxygen atoms in total. The van der Waals surface area contributed by atoms with Crippen molar-refractivity contribution in [1.82, 2.24) is 0 Å². The van der Waals surface area contributed by atoms with Gasteiger partial charge in [-0.15, -0.1) is 0 Å². The molecule has 8 heteroatoms. The molecule has 2 aromatic rings. The fourth-order valence-electron chi connectivity index (χ4n) is 2.90. The minimum atomic E-state index is -0.984. The highest BCUT2D eigenvalue weighted by atomic mass is 32.1. The molecule has 1 amide bonds. The van der Waals surface area contributed by atoms with Gasteiger partial charge in [0.15, 0.2) is 6.10 Å². The van der Waals surface area contributed by atoms with Crippen LogP contribution in [0.3, 0.4) is 0 Å². The molecule has 2 atom stereocenters. The predicted octanol–water partition coefficient (Wildman–Crippen LogP) is 3.18. The summed E-state index contributed by atoms with van der Waals surface area (Å²) < 4.78 is 5.22. The minimum Gasteiger partial charge on any atom is -0.448 e. The lowest BCUT2D eigenvalue weighted by molar-refractivity contribution is -0.380. The van der Waals surface area contributed by atoms with Gasteiger partial charge in [-0.05, 0) is 38.0 Å².